The predicted octanol–water partition coefficient (Wildman–Crippen LogP) is 3.45. The van der Waals surface area contributed by atoms with Crippen LogP contribution in [0.1, 0.15) is 43.6 Å². The first-order chi connectivity index (χ1) is 8.81. The van der Waals surface area contributed by atoms with E-state index in [0.717, 1.165) is 18.7 Å². The summed E-state index contributed by atoms with van der Waals surface area (Å²) in [4.78, 5) is 14.5. The number of rotatable bonds is 5. The van der Waals surface area contributed by atoms with Gasteiger partial charge in [-0.05, 0) is 42.5 Å². The van der Waals surface area contributed by atoms with Crippen molar-refractivity contribution < 1.29 is 9.90 Å². The summed E-state index contributed by atoms with van der Waals surface area (Å²) in [6.07, 6.45) is 0. The number of nitrogens with zero attached hydrogens (tertiary/aromatic N) is 1. The van der Waals surface area contributed by atoms with Crippen LogP contribution in [0, 0.1) is 18.8 Å². The number of hydrogen-bond donors (Lipinski definition) is 1. The van der Waals surface area contributed by atoms with Crippen molar-refractivity contribution in [2.75, 3.05) is 13.1 Å². The maximum Gasteiger partial charge on any atom is 0.254 e. The van der Waals surface area contributed by atoms with Crippen LogP contribution < -0.4 is 0 Å². The van der Waals surface area contributed by atoms with Gasteiger partial charge in [-0.15, -0.1) is 0 Å². The van der Waals surface area contributed by atoms with Crippen LogP contribution in [0.15, 0.2) is 18.2 Å². The van der Waals surface area contributed by atoms with Gasteiger partial charge >= 0.3 is 0 Å². The predicted molar refractivity (Wildman–Crippen MR) is 78.4 cm³/mol. The second kappa shape index (κ2) is 6.60. The SMILES string of the molecule is Cc1cc(O)ccc1C(=O)N(CC(C)C)CC(C)C. The number of phenolic OH excluding ortho intramolecular Hbond substituents is 1. The standard InChI is InChI=1S/C16H25NO2/c1-11(2)9-17(10-12(3)4)16(19)15-7-6-14(18)8-13(15)5/h6-8,11-12,18H,9-10H2,1-5H3. The van der Waals surface area contributed by atoms with E-state index in [-0.39, 0.29) is 11.7 Å². The van der Waals surface area contributed by atoms with Crippen molar-refractivity contribution in [1.29, 1.82) is 0 Å². The Balaban J connectivity index is 2.97. The summed E-state index contributed by atoms with van der Waals surface area (Å²) in [7, 11) is 0. The lowest BCUT2D eigenvalue weighted by Crippen LogP contribution is -2.37. The quantitative estimate of drug-likeness (QED) is 0.884. The summed E-state index contributed by atoms with van der Waals surface area (Å²) < 4.78 is 0. The number of phenols is 1. The average molecular weight is 263 g/mol. The highest BCUT2D eigenvalue weighted by atomic mass is 16.3. The molecule has 0 aliphatic heterocycles. The lowest BCUT2D eigenvalue weighted by atomic mass is 10.0. The van der Waals surface area contributed by atoms with Crippen LogP contribution in [0.2, 0.25) is 0 Å². The molecule has 0 saturated carbocycles. The molecule has 19 heavy (non-hydrogen) atoms. The monoisotopic (exact) mass is 263 g/mol. The Morgan fingerprint density at radius 2 is 1.68 bits per heavy atom. The number of carbonyl (C=O) groups excluding carboxylic acids is 1. The van der Waals surface area contributed by atoms with Crippen molar-refractivity contribution in [3.8, 4) is 5.75 Å². The molecule has 0 spiro atoms. The minimum atomic E-state index is 0.0555. The third-order valence-corrected chi connectivity index (χ3v) is 2.90. The Kier molecular flexibility index (Phi) is 5.40. The molecule has 1 amide bonds. The molecule has 106 valence electrons. The third-order valence-electron chi connectivity index (χ3n) is 2.90. The molecule has 1 aromatic rings. The van der Waals surface area contributed by atoms with Gasteiger partial charge in [0.05, 0.1) is 0 Å². The van der Waals surface area contributed by atoms with Crippen molar-refractivity contribution >= 4 is 5.91 Å². The minimum Gasteiger partial charge on any atom is -0.508 e. The molecular formula is C16H25NO2. The second-order valence-electron chi connectivity index (χ2n) is 6.00. The zero-order chi connectivity index (χ0) is 14.6. The van der Waals surface area contributed by atoms with Gasteiger partial charge < -0.3 is 10.0 Å². The van der Waals surface area contributed by atoms with Crippen molar-refractivity contribution in [2.45, 2.75) is 34.6 Å². The van der Waals surface area contributed by atoms with Crippen LogP contribution in [0.3, 0.4) is 0 Å². The molecule has 0 radical (unpaired) electrons. The average Bonchev–Trinajstić information content (AvgIpc) is 2.26. The van der Waals surface area contributed by atoms with Crippen LogP contribution in [0.5, 0.6) is 5.75 Å². The molecule has 0 aliphatic carbocycles. The van der Waals surface area contributed by atoms with E-state index in [4.69, 9.17) is 0 Å². The van der Waals surface area contributed by atoms with Gasteiger partial charge in [0.25, 0.3) is 5.91 Å². The third kappa shape index (κ3) is 4.58. The Hall–Kier alpha value is -1.51. The molecule has 0 aromatic heterocycles. The Morgan fingerprint density at radius 3 is 2.11 bits per heavy atom. The topological polar surface area (TPSA) is 40.5 Å². The molecule has 0 heterocycles. The number of hydrogen-bond acceptors (Lipinski definition) is 2. The zero-order valence-electron chi connectivity index (χ0n) is 12.6. The van der Waals surface area contributed by atoms with Crippen LogP contribution >= 0.6 is 0 Å². The lowest BCUT2D eigenvalue weighted by molar-refractivity contribution is 0.0714. The normalized spacial score (nSPS) is 11.1. The number of aryl methyl sites for hydroxylation is 1. The first-order valence-electron chi connectivity index (χ1n) is 6.90. The molecule has 0 bridgehead atoms. The molecular weight excluding hydrogens is 238 g/mol. The molecule has 0 atom stereocenters. The number of amides is 1. The van der Waals surface area contributed by atoms with Crippen LogP contribution in [0.4, 0.5) is 0 Å². The first-order valence-corrected chi connectivity index (χ1v) is 6.90. The van der Waals surface area contributed by atoms with E-state index in [9.17, 15) is 9.90 Å². The Labute approximate surface area is 116 Å². The highest BCUT2D eigenvalue weighted by Crippen LogP contribution is 2.18. The Bertz CT molecular complexity index is 428. The van der Waals surface area contributed by atoms with E-state index < -0.39 is 0 Å². The number of aromatic hydroxyl groups is 1. The second-order valence-corrected chi connectivity index (χ2v) is 6.00. The number of carbonyl (C=O) groups is 1. The summed E-state index contributed by atoms with van der Waals surface area (Å²) in [5.41, 5.74) is 1.50. The van der Waals surface area contributed by atoms with Gasteiger partial charge in [0, 0.05) is 18.7 Å². The fourth-order valence-electron chi connectivity index (χ4n) is 2.18. The maximum absolute atomic E-state index is 12.6. The highest BCUT2D eigenvalue weighted by molar-refractivity contribution is 5.95. The van der Waals surface area contributed by atoms with Crippen LogP contribution in [-0.2, 0) is 0 Å². The fourth-order valence-corrected chi connectivity index (χ4v) is 2.18. The minimum absolute atomic E-state index is 0.0555. The van der Waals surface area contributed by atoms with Gasteiger partial charge in [0.15, 0.2) is 0 Å². The van der Waals surface area contributed by atoms with E-state index >= 15 is 0 Å². The van der Waals surface area contributed by atoms with Gasteiger partial charge in [0.1, 0.15) is 5.75 Å². The van der Waals surface area contributed by atoms with Gasteiger partial charge in [-0.1, -0.05) is 27.7 Å². The van der Waals surface area contributed by atoms with E-state index in [1.54, 1.807) is 18.2 Å². The molecule has 3 nitrogen and oxygen atoms in total. The highest BCUT2D eigenvalue weighted by Gasteiger charge is 2.19. The largest absolute Gasteiger partial charge is 0.508 e. The van der Waals surface area contributed by atoms with E-state index in [2.05, 4.69) is 27.7 Å². The molecule has 1 rings (SSSR count). The smallest absolute Gasteiger partial charge is 0.254 e. The van der Waals surface area contributed by atoms with Crippen molar-refractivity contribution in [1.82, 2.24) is 4.90 Å². The summed E-state index contributed by atoms with van der Waals surface area (Å²) in [5.74, 6) is 1.15. The summed E-state index contributed by atoms with van der Waals surface area (Å²) in [5, 5.41) is 9.42. The maximum atomic E-state index is 12.6. The van der Waals surface area contributed by atoms with Gasteiger partial charge in [0.2, 0.25) is 0 Å². The molecule has 3 heteroatoms. The molecule has 0 saturated heterocycles. The lowest BCUT2D eigenvalue weighted by Gasteiger charge is -2.27. The van der Waals surface area contributed by atoms with Crippen LogP contribution in [0.25, 0.3) is 0 Å². The van der Waals surface area contributed by atoms with Crippen molar-refractivity contribution in [2.24, 2.45) is 11.8 Å². The molecule has 0 fully saturated rings. The molecule has 0 unspecified atom stereocenters. The van der Waals surface area contributed by atoms with Gasteiger partial charge in [-0.2, -0.15) is 0 Å². The zero-order valence-corrected chi connectivity index (χ0v) is 12.6. The van der Waals surface area contributed by atoms with Crippen molar-refractivity contribution in [3.05, 3.63) is 29.3 Å². The Morgan fingerprint density at radius 1 is 1.16 bits per heavy atom. The summed E-state index contributed by atoms with van der Waals surface area (Å²) in [6.45, 7) is 11.8. The molecule has 1 N–H and O–H groups in total. The molecule has 0 aliphatic rings. The summed E-state index contributed by atoms with van der Waals surface area (Å²) in [6, 6.07) is 4.92. The first kappa shape index (κ1) is 15.5. The van der Waals surface area contributed by atoms with Crippen molar-refractivity contribution in [3.63, 3.8) is 0 Å². The van der Waals surface area contributed by atoms with E-state index in [1.807, 2.05) is 11.8 Å². The van der Waals surface area contributed by atoms with E-state index in [1.165, 1.54) is 0 Å². The van der Waals surface area contributed by atoms with Gasteiger partial charge in [-0.3, -0.25) is 4.79 Å². The summed E-state index contributed by atoms with van der Waals surface area (Å²) >= 11 is 0. The molecule has 1 aromatic carbocycles. The van der Waals surface area contributed by atoms with Crippen LogP contribution in [-0.4, -0.2) is 29.0 Å². The number of benzene rings is 1. The fraction of sp³-hybridized carbons (Fsp3) is 0.562. The van der Waals surface area contributed by atoms with E-state index in [0.29, 0.717) is 17.4 Å². The van der Waals surface area contributed by atoms with Gasteiger partial charge in [-0.25, -0.2) is 0 Å².